The average Bonchev–Trinajstić information content (AvgIpc) is 2.76. The highest BCUT2D eigenvalue weighted by atomic mass is 19.4. The molecule has 0 aliphatic carbocycles. The Bertz CT molecular complexity index is 564. The number of halogens is 4. The quantitative estimate of drug-likeness (QED) is 0.814. The molecule has 0 saturated carbocycles. The highest BCUT2D eigenvalue weighted by molar-refractivity contribution is 5.50. The maximum Gasteiger partial charge on any atom is 0.417 e. The number of aromatic amines is 1. The average molecular weight is 261 g/mol. The first-order valence-electron chi connectivity index (χ1n) is 4.79. The van der Waals surface area contributed by atoms with Gasteiger partial charge in [-0.05, 0) is 6.07 Å². The van der Waals surface area contributed by atoms with Crippen LogP contribution in [0.4, 0.5) is 17.6 Å². The second-order valence-corrected chi connectivity index (χ2v) is 3.47. The number of imidazole rings is 1. The van der Waals surface area contributed by atoms with Gasteiger partial charge in [0.25, 0.3) is 0 Å². The molecule has 96 valence electrons. The van der Waals surface area contributed by atoms with Crippen LogP contribution in [-0.2, 0) is 12.8 Å². The van der Waals surface area contributed by atoms with Crippen LogP contribution in [0.1, 0.15) is 11.3 Å². The van der Waals surface area contributed by atoms with E-state index in [0.29, 0.717) is 18.0 Å². The van der Waals surface area contributed by atoms with Gasteiger partial charge in [-0.15, -0.1) is 0 Å². The third kappa shape index (κ3) is 2.33. The number of rotatable bonds is 2. The summed E-state index contributed by atoms with van der Waals surface area (Å²) in [7, 11) is 0. The Morgan fingerprint density at radius 2 is 1.94 bits per heavy atom. The third-order valence-electron chi connectivity index (χ3n) is 2.19. The molecule has 0 aliphatic heterocycles. The van der Waals surface area contributed by atoms with Crippen LogP contribution in [0.5, 0.6) is 0 Å². The summed E-state index contributed by atoms with van der Waals surface area (Å²) < 4.78 is 50.4. The third-order valence-corrected chi connectivity index (χ3v) is 2.19. The number of nitrogens with one attached hydrogen (secondary N) is 1. The number of aliphatic hydroxyl groups excluding tert-OH is 1. The molecule has 0 atom stereocenters. The molecule has 2 heterocycles. The molecule has 0 aromatic carbocycles. The molecule has 0 amide bonds. The second-order valence-electron chi connectivity index (χ2n) is 3.47. The number of aromatic nitrogens is 3. The van der Waals surface area contributed by atoms with Crippen LogP contribution < -0.4 is 0 Å². The van der Waals surface area contributed by atoms with E-state index in [4.69, 9.17) is 5.11 Å². The standard InChI is InChI=1S/C10H7F4N3O/c11-7-1-5(10(12,13)14)2-15-8(7)9-16-3-6(4-18)17-9/h1-3,18H,4H2,(H,16,17). The fourth-order valence-electron chi connectivity index (χ4n) is 1.33. The topological polar surface area (TPSA) is 61.8 Å². The van der Waals surface area contributed by atoms with Crippen molar-refractivity contribution in [1.29, 1.82) is 0 Å². The molecular formula is C10H7F4N3O. The smallest absolute Gasteiger partial charge is 0.390 e. The summed E-state index contributed by atoms with van der Waals surface area (Å²) in [4.78, 5) is 9.64. The molecule has 0 radical (unpaired) electrons. The summed E-state index contributed by atoms with van der Waals surface area (Å²) in [6.45, 7) is -0.338. The molecule has 2 aromatic rings. The molecule has 0 aliphatic rings. The van der Waals surface area contributed by atoms with Gasteiger partial charge in [0.1, 0.15) is 5.69 Å². The van der Waals surface area contributed by atoms with Gasteiger partial charge in [0.2, 0.25) is 0 Å². The maximum absolute atomic E-state index is 13.5. The first kappa shape index (κ1) is 12.5. The minimum absolute atomic E-state index is 0.0368. The monoisotopic (exact) mass is 261 g/mol. The van der Waals surface area contributed by atoms with E-state index in [1.54, 1.807) is 0 Å². The van der Waals surface area contributed by atoms with E-state index >= 15 is 0 Å². The molecule has 8 heteroatoms. The normalized spacial score (nSPS) is 11.8. The van der Waals surface area contributed by atoms with Gasteiger partial charge in [0.15, 0.2) is 11.6 Å². The lowest BCUT2D eigenvalue weighted by Crippen LogP contribution is -2.07. The predicted molar refractivity (Wildman–Crippen MR) is 52.7 cm³/mol. The van der Waals surface area contributed by atoms with E-state index in [1.165, 1.54) is 6.20 Å². The minimum atomic E-state index is -4.65. The molecule has 0 saturated heterocycles. The largest absolute Gasteiger partial charge is 0.417 e. The van der Waals surface area contributed by atoms with Crippen LogP contribution in [0.3, 0.4) is 0 Å². The fraction of sp³-hybridized carbons (Fsp3) is 0.200. The number of hydrogen-bond donors (Lipinski definition) is 2. The molecule has 18 heavy (non-hydrogen) atoms. The first-order valence-corrected chi connectivity index (χ1v) is 4.79. The van der Waals surface area contributed by atoms with Gasteiger partial charge in [-0.1, -0.05) is 0 Å². The van der Waals surface area contributed by atoms with Gasteiger partial charge in [0, 0.05) is 6.20 Å². The zero-order valence-corrected chi connectivity index (χ0v) is 8.79. The Kier molecular flexibility index (Phi) is 3.04. The Labute approximate surface area is 98.3 Å². The van der Waals surface area contributed by atoms with Crippen molar-refractivity contribution < 1.29 is 22.7 Å². The molecule has 0 fully saturated rings. The molecular weight excluding hydrogens is 254 g/mol. The van der Waals surface area contributed by atoms with Crippen molar-refractivity contribution in [3.8, 4) is 11.5 Å². The van der Waals surface area contributed by atoms with Gasteiger partial charge in [0.05, 0.1) is 24.1 Å². The number of H-pyrrole nitrogens is 1. The molecule has 0 bridgehead atoms. The second kappa shape index (κ2) is 4.37. The van der Waals surface area contributed by atoms with Crippen LogP contribution in [0.15, 0.2) is 18.5 Å². The van der Waals surface area contributed by atoms with Crippen molar-refractivity contribution in [3.63, 3.8) is 0 Å². The zero-order chi connectivity index (χ0) is 13.3. The minimum Gasteiger partial charge on any atom is -0.390 e. The van der Waals surface area contributed by atoms with Gasteiger partial charge >= 0.3 is 6.18 Å². The summed E-state index contributed by atoms with van der Waals surface area (Å²) >= 11 is 0. The van der Waals surface area contributed by atoms with E-state index in [-0.39, 0.29) is 18.1 Å². The van der Waals surface area contributed by atoms with Crippen molar-refractivity contribution >= 4 is 0 Å². The number of alkyl halides is 3. The fourth-order valence-corrected chi connectivity index (χ4v) is 1.33. The lowest BCUT2D eigenvalue weighted by Gasteiger charge is -2.07. The first-order chi connectivity index (χ1) is 8.41. The SMILES string of the molecule is OCc1cnc(-c2ncc(C(F)(F)F)cc2F)[nH]1. The Hall–Kier alpha value is -1.96. The number of nitrogens with zero attached hydrogens (tertiary/aromatic N) is 2. The van der Waals surface area contributed by atoms with Crippen LogP contribution in [0.2, 0.25) is 0 Å². The molecule has 2 rings (SSSR count). The van der Waals surface area contributed by atoms with E-state index in [1.807, 2.05) is 0 Å². The van der Waals surface area contributed by atoms with E-state index < -0.39 is 17.6 Å². The molecule has 4 nitrogen and oxygen atoms in total. The van der Waals surface area contributed by atoms with Crippen LogP contribution in [-0.4, -0.2) is 20.1 Å². The van der Waals surface area contributed by atoms with Crippen LogP contribution in [0.25, 0.3) is 11.5 Å². The molecule has 2 aromatic heterocycles. The summed E-state index contributed by atoms with van der Waals surface area (Å²) in [5.74, 6) is -1.17. The van der Waals surface area contributed by atoms with E-state index in [0.717, 1.165) is 0 Å². The number of hydrogen-bond acceptors (Lipinski definition) is 3. The summed E-state index contributed by atoms with van der Waals surface area (Å²) in [5.41, 5.74) is -1.19. The number of pyridine rings is 1. The summed E-state index contributed by atoms with van der Waals surface area (Å²) in [5, 5.41) is 8.78. The zero-order valence-electron chi connectivity index (χ0n) is 8.79. The van der Waals surface area contributed by atoms with Crippen LogP contribution in [0, 0.1) is 5.82 Å². The number of aliphatic hydroxyl groups is 1. The lowest BCUT2D eigenvalue weighted by atomic mass is 10.2. The van der Waals surface area contributed by atoms with E-state index in [9.17, 15) is 17.6 Å². The molecule has 0 spiro atoms. The van der Waals surface area contributed by atoms with Crippen molar-refractivity contribution in [1.82, 2.24) is 15.0 Å². The van der Waals surface area contributed by atoms with Gasteiger partial charge in [-0.25, -0.2) is 14.4 Å². The van der Waals surface area contributed by atoms with Gasteiger partial charge in [-0.3, -0.25) is 0 Å². The Morgan fingerprint density at radius 3 is 2.44 bits per heavy atom. The van der Waals surface area contributed by atoms with Crippen molar-refractivity contribution in [2.24, 2.45) is 0 Å². The maximum atomic E-state index is 13.5. The Balaban J connectivity index is 2.41. The van der Waals surface area contributed by atoms with E-state index in [2.05, 4.69) is 15.0 Å². The highest BCUT2D eigenvalue weighted by Gasteiger charge is 2.32. The van der Waals surface area contributed by atoms with Crippen LogP contribution >= 0.6 is 0 Å². The predicted octanol–water partition coefficient (Wildman–Crippen LogP) is 2.12. The highest BCUT2D eigenvalue weighted by Crippen LogP contribution is 2.30. The van der Waals surface area contributed by atoms with Crippen molar-refractivity contribution in [2.75, 3.05) is 0 Å². The van der Waals surface area contributed by atoms with Crippen molar-refractivity contribution in [2.45, 2.75) is 12.8 Å². The summed E-state index contributed by atoms with van der Waals surface area (Å²) in [6.07, 6.45) is -2.88. The summed E-state index contributed by atoms with van der Waals surface area (Å²) in [6, 6.07) is 0.351. The Morgan fingerprint density at radius 1 is 1.22 bits per heavy atom. The van der Waals surface area contributed by atoms with Crippen molar-refractivity contribution in [3.05, 3.63) is 35.5 Å². The van der Waals surface area contributed by atoms with Gasteiger partial charge < -0.3 is 10.1 Å². The molecule has 2 N–H and O–H groups in total. The molecule has 0 unspecified atom stereocenters. The van der Waals surface area contributed by atoms with Gasteiger partial charge in [-0.2, -0.15) is 13.2 Å². The lowest BCUT2D eigenvalue weighted by molar-refractivity contribution is -0.138.